The van der Waals surface area contributed by atoms with Gasteiger partial charge >= 0.3 is 0 Å². The maximum absolute atomic E-state index is 5.49. The molecule has 0 spiro atoms. The highest BCUT2D eigenvalue weighted by Crippen LogP contribution is 2.22. The van der Waals surface area contributed by atoms with Gasteiger partial charge in [0.05, 0.1) is 6.61 Å². The highest BCUT2D eigenvalue weighted by Gasteiger charge is 2.04. The van der Waals surface area contributed by atoms with Crippen molar-refractivity contribution in [1.82, 2.24) is 9.97 Å². The van der Waals surface area contributed by atoms with E-state index in [9.17, 15) is 0 Å². The number of hydrogen-bond donors (Lipinski definition) is 2. The summed E-state index contributed by atoms with van der Waals surface area (Å²) in [6.07, 6.45) is 1.81. The van der Waals surface area contributed by atoms with Crippen molar-refractivity contribution in [2.45, 2.75) is 20.8 Å². The molecule has 1 aromatic heterocycles. The first-order valence-corrected chi connectivity index (χ1v) is 6.80. The molecular formula is C15H20N4O. The van der Waals surface area contributed by atoms with Gasteiger partial charge in [-0.2, -0.15) is 4.98 Å². The number of rotatable bonds is 6. The maximum Gasteiger partial charge on any atom is 0.224 e. The molecule has 0 bridgehead atoms. The SMILES string of the molecule is CCNc1ncc(C)c(Nc2cccc(OCC)c2)n1. The molecule has 0 aliphatic carbocycles. The minimum atomic E-state index is 0.626. The predicted molar refractivity (Wildman–Crippen MR) is 81.8 cm³/mol. The summed E-state index contributed by atoms with van der Waals surface area (Å²) in [5.41, 5.74) is 1.94. The van der Waals surface area contributed by atoms with Crippen LogP contribution in [-0.2, 0) is 0 Å². The molecule has 5 nitrogen and oxygen atoms in total. The van der Waals surface area contributed by atoms with E-state index in [0.29, 0.717) is 12.6 Å². The van der Waals surface area contributed by atoms with E-state index >= 15 is 0 Å². The van der Waals surface area contributed by atoms with Gasteiger partial charge in [0.2, 0.25) is 5.95 Å². The average Bonchev–Trinajstić information content (AvgIpc) is 2.44. The Morgan fingerprint density at radius 2 is 2.10 bits per heavy atom. The van der Waals surface area contributed by atoms with E-state index in [2.05, 4.69) is 20.6 Å². The Morgan fingerprint density at radius 1 is 1.25 bits per heavy atom. The van der Waals surface area contributed by atoms with Crippen LogP contribution in [0.5, 0.6) is 5.75 Å². The second-order valence-electron chi connectivity index (χ2n) is 4.34. The lowest BCUT2D eigenvalue weighted by Gasteiger charge is -2.11. The van der Waals surface area contributed by atoms with Crippen LogP contribution in [0.1, 0.15) is 19.4 Å². The minimum absolute atomic E-state index is 0.626. The third-order valence-corrected chi connectivity index (χ3v) is 2.71. The number of hydrogen-bond acceptors (Lipinski definition) is 5. The summed E-state index contributed by atoms with van der Waals surface area (Å²) in [7, 11) is 0. The smallest absolute Gasteiger partial charge is 0.224 e. The molecule has 0 unspecified atom stereocenters. The van der Waals surface area contributed by atoms with Crippen LogP contribution in [0.4, 0.5) is 17.5 Å². The van der Waals surface area contributed by atoms with Crippen molar-refractivity contribution in [3.8, 4) is 5.75 Å². The van der Waals surface area contributed by atoms with E-state index in [-0.39, 0.29) is 0 Å². The van der Waals surface area contributed by atoms with E-state index in [0.717, 1.165) is 29.4 Å². The van der Waals surface area contributed by atoms with Crippen LogP contribution in [0.3, 0.4) is 0 Å². The van der Waals surface area contributed by atoms with Gasteiger partial charge in [0.15, 0.2) is 0 Å². The molecule has 2 N–H and O–H groups in total. The van der Waals surface area contributed by atoms with Gasteiger partial charge in [-0.15, -0.1) is 0 Å². The molecule has 1 aromatic carbocycles. The fourth-order valence-corrected chi connectivity index (χ4v) is 1.78. The van der Waals surface area contributed by atoms with Gasteiger partial charge in [-0.25, -0.2) is 4.98 Å². The van der Waals surface area contributed by atoms with E-state index < -0.39 is 0 Å². The molecule has 106 valence electrons. The number of aryl methyl sites for hydroxylation is 1. The quantitative estimate of drug-likeness (QED) is 0.844. The highest BCUT2D eigenvalue weighted by atomic mass is 16.5. The zero-order valence-corrected chi connectivity index (χ0v) is 12.1. The summed E-state index contributed by atoms with van der Waals surface area (Å²) in [5.74, 6) is 2.27. The van der Waals surface area contributed by atoms with Crippen molar-refractivity contribution in [3.05, 3.63) is 36.0 Å². The first kappa shape index (κ1) is 14.1. The molecule has 0 aliphatic rings. The molecule has 5 heteroatoms. The van der Waals surface area contributed by atoms with Gasteiger partial charge < -0.3 is 15.4 Å². The van der Waals surface area contributed by atoms with Crippen LogP contribution in [0.25, 0.3) is 0 Å². The zero-order chi connectivity index (χ0) is 14.4. The number of nitrogens with one attached hydrogen (secondary N) is 2. The lowest BCUT2D eigenvalue weighted by atomic mass is 10.3. The van der Waals surface area contributed by atoms with Gasteiger partial charge in [0, 0.05) is 30.1 Å². The molecule has 0 atom stereocenters. The van der Waals surface area contributed by atoms with Gasteiger partial charge in [0.1, 0.15) is 11.6 Å². The van der Waals surface area contributed by atoms with Crippen molar-refractivity contribution in [2.75, 3.05) is 23.8 Å². The molecule has 2 rings (SSSR count). The maximum atomic E-state index is 5.49. The summed E-state index contributed by atoms with van der Waals surface area (Å²) in [5, 5.41) is 6.40. The number of ether oxygens (including phenoxy) is 1. The molecule has 0 radical (unpaired) electrons. The van der Waals surface area contributed by atoms with E-state index in [4.69, 9.17) is 4.74 Å². The Labute approximate surface area is 119 Å². The molecular weight excluding hydrogens is 252 g/mol. The van der Waals surface area contributed by atoms with Crippen molar-refractivity contribution in [1.29, 1.82) is 0 Å². The molecule has 0 amide bonds. The lowest BCUT2D eigenvalue weighted by molar-refractivity contribution is 0.340. The molecule has 0 saturated carbocycles. The van der Waals surface area contributed by atoms with Crippen molar-refractivity contribution >= 4 is 17.5 Å². The van der Waals surface area contributed by atoms with Crippen LogP contribution < -0.4 is 15.4 Å². The predicted octanol–water partition coefficient (Wildman–Crippen LogP) is 3.36. The first-order valence-electron chi connectivity index (χ1n) is 6.80. The number of aromatic nitrogens is 2. The van der Waals surface area contributed by atoms with Gasteiger partial charge in [0.25, 0.3) is 0 Å². The van der Waals surface area contributed by atoms with Gasteiger partial charge in [-0.3, -0.25) is 0 Å². The molecule has 1 heterocycles. The summed E-state index contributed by atoms with van der Waals surface area (Å²) >= 11 is 0. The largest absolute Gasteiger partial charge is 0.494 e. The van der Waals surface area contributed by atoms with Crippen LogP contribution >= 0.6 is 0 Å². The summed E-state index contributed by atoms with van der Waals surface area (Å²) in [6.45, 7) is 7.41. The van der Waals surface area contributed by atoms with Crippen molar-refractivity contribution in [3.63, 3.8) is 0 Å². The Kier molecular flexibility index (Phi) is 4.76. The summed E-state index contributed by atoms with van der Waals surface area (Å²) in [6, 6.07) is 7.83. The monoisotopic (exact) mass is 272 g/mol. The molecule has 20 heavy (non-hydrogen) atoms. The second kappa shape index (κ2) is 6.75. The van der Waals surface area contributed by atoms with E-state index in [1.54, 1.807) is 6.20 Å². The normalized spacial score (nSPS) is 10.2. The topological polar surface area (TPSA) is 59.1 Å². The Hall–Kier alpha value is -2.30. The average molecular weight is 272 g/mol. The number of anilines is 3. The fraction of sp³-hybridized carbons (Fsp3) is 0.333. The van der Waals surface area contributed by atoms with E-state index in [1.165, 1.54) is 0 Å². The Balaban J connectivity index is 2.20. The Bertz CT molecular complexity index is 572. The van der Waals surface area contributed by atoms with Crippen LogP contribution in [0.2, 0.25) is 0 Å². The second-order valence-corrected chi connectivity index (χ2v) is 4.34. The molecule has 0 fully saturated rings. The zero-order valence-electron chi connectivity index (χ0n) is 12.1. The minimum Gasteiger partial charge on any atom is -0.494 e. The third-order valence-electron chi connectivity index (χ3n) is 2.71. The van der Waals surface area contributed by atoms with Gasteiger partial charge in [-0.1, -0.05) is 6.07 Å². The molecule has 2 aromatic rings. The summed E-state index contributed by atoms with van der Waals surface area (Å²) < 4.78 is 5.49. The Morgan fingerprint density at radius 3 is 2.85 bits per heavy atom. The fourth-order valence-electron chi connectivity index (χ4n) is 1.78. The van der Waals surface area contributed by atoms with Crippen LogP contribution in [-0.4, -0.2) is 23.1 Å². The number of nitrogens with zero attached hydrogens (tertiary/aromatic N) is 2. The number of benzene rings is 1. The van der Waals surface area contributed by atoms with Crippen LogP contribution in [0.15, 0.2) is 30.5 Å². The standard InChI is InChI=1S/C15H20N4O/c1-4-16-15-17-10-11(3)14(19-15)18-12-7-6-8-13(9-12)20-5-2/h6-10H,4-5H2,1-3H3,(H2,16,17,18,19). The lowest BCUT2D eigenvalue weighted by Crippen LogP contribution is -2.05. The van der Waals surface area contributed by atoms with Crippen LogP contribution in [0, 0.1) is 6.92 Å². The highest BCUT2D eigenvalue weighted by molar-refractivity contribution is 5.61. The summed E-state index contributed by atoms with van der Waals surface area (Å²) in [4.78, 5) is 8.69. The van der Waals surface area contributed by atoms with E-state index in [1.807, 2.05) is 45.0 Å². The molecule has 0 saturated heterocycles. The van der Waals surface area contributed by atoms with Crippen molar-refractivity contribution in [2.24, 2.45) is 0 Å². The van der Waals surface area contributed by atoms with Crippen molar-refractivity contribution < 1.29 is 4.74 Å². The molecule has 0 aliphatic heterocycles. The first-order chi connectivity index (χ1) is 9.72. The van der Waals surface area contributed by atoms with Gasteiger partial charge in [-0.05, 0) is 32.9 Å². The third kappa shape index (κ3) is 3.60.